The average molecular weight is 260 g/mol. The quantitative estimate of drug-likeness (QED) is 0.920. The molecule has 2 N–H and O–H groups in total. The van der Waals surface area contributed by atoms with Crippen molar-refractivity contribution in [2.24, 2.45) is 5.73 Å². The molecule has 0 unspecified atom stereocenters. The van der Waals surface area contributed by atoms with Crippen molar-refractivity contribution in [3.63, 3.8) is 0 Å². The summed E-state index contributed by atoms with van der Waals surface area (Å²) >= 11 is 1.71. The molecule has 0 radical (unpaired) electrons. The number of carbonyl (C=O) groups excluding carboxylic acids is 1. The van der Waals surface area contributed by atoms with Crippen LogP contribution >= 0.6 is 11.3 Å². The summed E-state index contributed by atoms with van der Waals surface area (Å²) in [6.07, 6.45) is 0. The van der Waals surface area contributed by atoms with Gasteiger partial charge in [-0.25, -0.2) is 4.98 Å². The Kier molecular flexibility index (Phi) is 3.48. The number of carbonyl (C=O) groups is 1. The highest BCUT2D eigenvalue weighted by molar-refractivity contribution is 7.15. The van der Waals surface area contributed by atoms with E-state index in [1.807, 2.05) is 19.1 Å². The zero-order valence-electron chi connectivity index (χ0n) is 10.7. The normalized spacial score (nSPS) is 10.9. The summed E-state index contributed by atoms with van der Waals surface area (Å²) in [6, 6.07) is 7.35. The van der Waals surface area contributed by atoms with Gasteiger partial charge < -0.3 is 5.73 Å². The third-order valence-corrected chi connectivity index (χ3v) is 4.25. The fourth-order valence-electron chi connectivity index (χ4n) is 1.72. The number of hydrogen-bond acceptors (Lipinski definition) is 3. The molecule has 2 rings (SSSR count). The highest BCUT2D eigenvalue weighted by Crippen LogP contribution is 2.33. The van der Waals surface area contributed by atoms with Crippen LogP contribution < -0.4 is 5.73 Å². The first-order valence-electron chi connectivity index (χ1n) is 5.86. The van der Waals surface area contributed by atoms with E-state index < -0.39 is 5.91 Å². The minimum atomic E-state index is -0.398. The summed E-state index contributed by atoms with van der Waals surface area (Å²) in [4.78, 5) is 16.8. The number of nitrogens with two attached hydrogens (primary N) is 1. The highest BCUT2D eigenvalue weighted by Gasteiger charge is 2.12. The van der Waals surface area contributed by atoms with Gasteiger partial charge in [0.25, 0.3) is 0 Å². The lowest BCUT2D eigenvalue weighted by Gasteiger charge is -2.00. The third kappa shape index (κ3) is 2.43. The van der Waals surface area contributed by atoms with Crippen LogP contribution in [0, 0.1) is 6.92 Å². The van der Waals surface area contributed by atoms with Crippen LogP contribution in [-0.2, 0) is 0 Å². The van der Waals surface area contributed by atoms with E-state index in [0.29, 0.717) is 11.5 Å². The lowest BCUT2D eigenvalue weighted by atomic mass is 10.1. The lowest BCUT2D eigenvalue weighted by molar-refractivity contribution is 0.100. The number of hydrogen-bond donors (Lipinski definition) is 1. The monoisotopic (exact) mass is 260 g/mol. The van der Waals surface area contributed by atoms with Crippen molar-refractivity contribution in [2.45, 2.75) is 26.7 Å². The van der Waals surface area contributed by atoms with Crippen molar-refractivity contribution in [1.29, 1.82) is 0 Å². The number of aryl methyl sites for hydroxylation is 1. The maximum atomic E-state index is 11.0. The van der Waals surface area contributed by atoms with Crippen molar-refractivity contribution in [3.8, 4) is 10.4 Å². The van der Waals surface area contributed by atoms with Gasteiger partial charge in [0.15, 0.2) is 0 Å². The Balaban J connectivity index is 2.39. The second kappa shape index (κ2) is 4.90. The van der Waals surface area contributed by atoms with Gasteiger partial charge in [0.1, 0.15) is 0 Å². The summed E-state index contributed by atoms with van der Waals surface area (Å²) < 4.78 is 0. The maximum absolute atomic E-state index is 11.0. The van der Waals surface area contributed by atoms with Gasteiger partial charge in [0.2, 0.25) is 5.91 Å². The Morgan fingerprint density at radius 2 is 1.89 bits per heavy atom. The van der Waals surface area contributed by atoms with Crippen LogP contribution in [0.2, 0.25) is 0 Å². The number of aromatic nitrogens is 1. The second-order valence-electron chi connectivity index (χ2n) is 4.56. The first-order chi connectivity index (χ1) is 8.49. The standard InChI is InChI=1S/C14H16N2OS/c1-8(2)14-16-9(3)12(18-14)10-4-6-11(7-5-10)13(15)17/h4-8H,1-3H3,(H2,15,17). The van der Waals surface area contributed by atoms with Crippen LogP contribution in [-0.4, -0.2) is 10.9 Å². The van der Waals surface area contributed by atoms with Crippen LogP contribution in [0.4, 0.5) is 0 Å². The van der Waals surface area contributed by atoms with Gasteiger partial charge in [-0.05, 0) is 24.6 Å². The first kappa shape index (κ1) is 12.8. The molecule has 1 amide bonds. The molecule has 0 fully saturated rings. The zero-order valence-corrected chi connectivity index (χ0v) is 11.5. The van der Waals surface area contributed by atoms with E-state index in [2.05, 4.69) is 18.8 Å². The van der Waals surface area contributed by atoms with Gasteiger partial charge in [-0.2, -0.15) is 0 Å². The van der Waals surface area contributed by atoms with Crippen molar-refractivity contribution < 1.29 is 4.79 Å². The molecule has 0 aliphatic carbocycles. The van der Waals surface area contributed by atoms with Crippen molar-refractivity contribution in [2.75, 3.05) is 0 Å². The molecule has 4 heteroatoms. The van der Waals surface area contributed by atoms with E-state index in [0.717, 1.165) is 21.1 Å². The third-order valence-electron chi connectivity index (χ3n) is 2.74. The smallest absolute Gasteiger partial charge is 0.248 e. The first-order valence-corrected chi connectivity index (χ1v) is 6.68. The van der Waals surface area contributed by atoms with Gasteiger partial charge in [0.05, 0.1) is 15.6 Å². The molecule has 0 aliphatic rings. The minimum absolute atomic E-state index is 0.398. The highest BCUT2D eigenvalue weighted by atomic mass is 32.1. The van der Waals surface area contributed by atoms with E-state index in [1.165, 1.54) is 0 Å². The van der Waals surface area contributed by atoms with Crippen LogP contribution in [0.15, 0.2) is 24.3 Å². The molecule has 1 heterocycles. The molecule has 0 spiro atoms. The molecule has 0 aliphatic heterocycles. The van der Waals surface area contributed by atoms with Crippen molar-refractivity contribution in [3.05, 3.63) is 40.5 Å². The SMILES string of the molecule is Cc1nc(C(C)C)sc1-c1ccc(C(N)=O)cc1. The molecule has 1 aromatic carbocycles. The summed E-state index contributed by atoms with van der Waals surface area (Å²) in [5.41, 5.74) is 7.88. The van der Waals surface area contributed by atoms with Crippen LogP contribution in [0.1, 0.15) is 40.8 Å². The Morgan fingerprint density at radius 1 is 1.28 bits per heavy atom. The molecular weight excluding hydrogens is 244 g/mol. The van der Waals surface area contributed by atoms with E-state index in [-0.39, 0.29) is 0 Å². The van der Waals surface area contributed by atoms with Gasteiger partial charge in [0, 0.05) is 11.5 Å². The Bertz CT molecular complexity index is 570. The number of primary amides is 1. The fraction of sp³-hybridized carbons (Fsp3) is 0.286. The predicted octanol–water partition coefficient (Wildman–Crippen LogP) is 3.34. The van der Waals surface area contributed by atoms with Crippen molar-refractivity contribution >= 4 is 17.2 Å². The van der Waals surface area contributed by atoms with E-state index in [1.54, 1.807) is 23.5 Å². The predicted molar refractivity (Wildman–Crippen MR) is 74.9 cm³/mol. The summed E-state index contributed by atoms with van der Waals surface area (Å²) in [6.45, 7) is 6.29. The van der Waals surface area contributed by atoms with Crippen LogP contribution in [0.25, 0.3) is 10.4 Å². The Labute approximate surface area is 111 Å². The fourth-order valence-corrected chi connectivity index (χ4v) is 2.79. The number of rotatable bonds is 3. The molecule has 0 saturated heterocycles. The maximum Gasteiger partial charge on any atom is 0.248 e. The largest absolute Gasteiger partial charge is 0.366 e. The van der Waals surface area contributed by atoms with Gasteiger partial charge >= 0.3 is 0 Å². The van der Waals surface area contributed by atoms with Crippen molar-refractivity contribution in [1.82, 2.24) is 4.98 Å². The van der Waals surface area contributed by atoms with E-state index >= 15 is 0 Å². The van der Waals surface area contributed by atoms with E-state index in [9.17, 15) is 4.79 Å². The molecule has 0 atom stereocenters. The Hall–Kier alpha value is -1.68. The number of amides is 1. The van der Waals surface area contributed by atoms with Crippen LogP contribution in [0.3, 0.4) is 0 Å². The molecule has 2 aromatic rings. The average Bonchev–Trinajstić information content (AvgIpc) is 2.71. The van der Waals surface area contributed by atoms with Crippen LogP contribution in [0.5, 0.6) is 0 Å². The topological polar surface area (TPSA) is 56.0 Å². The molecular formula is C14H16N2OS. The molecule has 94 valence electrons. The number of benzene rings is 1. The van der Waals surface area contributed by atoms with Gasteiger partial charge in [-0.15, -0.1) is 11.3 Å². The lowest BCUT2D eigenvalue weighted by Crippen LogP contribution is -2.10. The number of thiazole rings is 1. The zero-order chi connectivity index (χ0) is 13.3. The molecule has 0 saturated carbocycles. The Morgan fingerprint density at radius 3 is 2.33 bits per heavy atom. The van der Waals surface area contributed by atoms with E-state index in [4.69, 9.17) is 5.73 Å². The summed E-state index contributed by atoms with van der Waals surface area (Å²) in [5, 5.41) is 1.14. The molecule has 0 bridgehead atoms. The second-order valence-corrected chi connectivity index (χ2v) is 5.59. The molecule has 3 nitrogen and oxygen atoms in total. The van der Waals surface area contributed by atoms with Gasteiger partial charge in [-0.3, -0.25) is 4.79 Å². The number of nitrogens with zero attached hydrogens (tertiary/aromatic N) is 1. The summed E-state index contributed by atoms with van der Waals surface area (Å²) in [5.74, 6) is 0.0396. The summed E-state index contributed by atoms with van der Waals surface area (Å²) in [7, 11) is 0. The molecule has 1 aromatic heterocycles. The molecule has 18 heavy (non-hydrogen) atoms. The van der Waals surface area contributed by atoms with Gasteiger partial charge in [-0.1, -0.05) is 26.0 Å². The minimum Gasteiger partial charge on any atom is -0.366 e.